The predicted molar refractivity (Wildman–Crippen MR) is 117 cm³/mol. The summed E-state index contributed by atoms with van der Waals surface area (Å²) in [4.78, 5) is 12.9. The van der Waals surface area contributed by atoms with Crippen LogP contribution in [0.4, 0.5) is 11.4 Å². The van der Waals surface area contributed by atoms with Crippen molar-refractivity contribution < 1.29 is 13.2 Å². The lowest BCUT2D eigenvalue weighted by Gasteiger charge is -2.14. The highest BCUT2D eigenvalue weighted by atomic mass is 32.2. The molecule has 2 N–H and O–H groups in total. The molecular formula is C23H24N2O3S. The number of rotatable bonds is 6. The molecule has 3 rings (SSSR count). The molecule has 0 spiro atoms. The zero-order valence-corrected chi connectivity index (χ0v) is 17.5. The molecule has 0 saturated heterocycles. The van der Waals surface area contributed by atoms with Crippen molar-refractivity contribution in [1.82, 2.24) is 0 Å². The largest absolute Gasteiger partial charge is 0.322 e. The Labute approximate surface area is 171 Å². The number of anilines is 2. The van der Waals surface area contributed by atoms with Crippen LogP contribution >= 0.6 is 0 Å². The molecule has 0 aliphatic rings. The smallest absolute Gasteiger partial charge is 0.261 e. The van der Waals surface area contributed by atoms with Gasteiger partial charge in [-0.3, -0.25) is 9.52 Å². The third-order valence-electron chi connectivity index (χ3n) is 4.54. The number of nitrogens with one attached hydrogen (secondary N) is 2. The van der Waals surface area contributed by atoms with Gasteiger partial charge in [-0.1, -0.05) is 55.8 Å². The van der Waals surface area contributed by atoms with Crippen LogP contribution in [0.5, 0.6) is 0 Å². The average Bonchev–Trinajstić information content (AvgIpc) is 2.68. The lowest BCUT2D eigenvalue weighted by Crippen LogP contribution is -2.16. The van der Waals surface area contributed by atoms with Gasteiger partial charge in [0, 0.05) is 16.9 Å². The van der Waals surface area contributed by atoms with Crippen molar-refractivity contribution in [2.24, 2.45) is 0 Å². The van der Waals surface area contributed by atoms with Crippen LogP contribution in [-0.2, 0) is 10.0 Å². The van der Waals surface area contributed by atoms with E-state index in [-0.39, 0.29) is 16.7 Å². The molecule has 0 saturated carbocycles. The minimum absolute atomic E-state index is 0.170. The summed E-state index contributed by atoms with van der Waals surface area (Å²) in [6.07, 6.45) is 0. The molecule has 0 fully saturated rings. The highest BCUT2D eigenvalue weighted by molar-refractivity contribution is 7.92. The maximum atomic E-state index is 12.7. The highest BCUT2D eigenvalue weighted by Gasteiger charge is 2.16. The van der Waals surface area contributed by atoms with Crippen LogP contribution < -0.4 is 10.0 Å². The quantitative estimate of drug-likeness (QED) is 0.591. The molecule has 5 nitrogen and oxygen atoms in total. The van der Waals surface area contributed by atoms with Gasteiger partial charge < -0.3 is 5.32 Å². The lowest BCUT2D eigenvalue weighted by atomic mass is 10.0. The summed E-state index contributed by atoms with van der Waals surface area (Å²) in [6.45, 7) is 6.01. The van der Waals surface area contributed by atoms with Crippen molar-refractivity contribution in [2.75, 3.05) is 10.0 Å². The minimum atomic E-state index is -3.73. The van der Waals surface area contributed by atoms with Crippen LogP contribution in [0.1, 0.15) is 41.3 Å². The number of sulfonamides is 1. The van der Waals surface area contributed by atoms with Gasteiger partial charge >= 0.3 is 0 Å². The Morgan fingerprint density at radius 3 is 2.28 bits per heavy atom. The lowest BCUT2D eigenvalue weighted by molar-refractivity contribution is 0.102. The molecular weight excluding hydrogens is 384 g/mol. The van der Waals surface area contributed by atoms with Crippen molar-refractivity contribution in [3.05, 3.63) is 89.5 Å². The molecule has 150 valence electrons. The first-order chi connectivity index (χ1) is 13.8. The van der Waals surface area contributed by atoms with E-state index in [2.05, 4.69) is 23.9 Å². The number of para-hydroxylation sites is 1. The second kappa shape index (κ2) is 8.49. The van der Waals surface area contributed by atoms with Crippen molar-refractivity contribution in [3.8, 4) is 0 Å². The fourth-order valence-corrected chi connectivity index (χ4v) is 4.01. The molecule has 6 heteroatoms. The Hall–Kier alpha value is -3.12. The second-order valence-corrected chi connectivity index (χ2v) is 8.88. The van der Waals surface area contributed by atoms with E-state index >= 15 is 0 Å². The summed E-state index contributed by atoms with van der Waals surface area (Å²) in [5.41, 5.74) is 3.46. The minimum Gasteiger partial charge on any atom is -0.322 e. The van der Waals surface area contributed by atoms with Crippen LogP contribution in [0.25, 0.3) is 0 Å². The van der Waals surface area contributed by atoms with Gasteiger partial charge in [0.05, 0.1) is 4.90 Å². The molecule has 0 radical (unpaired) electrons. The maximum Gasteiger partial charge on any atom is 0.261 e. The first-order valence-electron chi connectivity index (χ1n) is 9.36. The van der Waals surface area contributed by atoms with E-state index < -0.39 is 10.0 Å². The molecule has 0 aromatic heterocycles. The Balaban J connectivity index is 1.81. The molecule has 3 aromatic rings. The topological polar surface area (TPSA) is 75.3 Å². The second-order valence-electron chi connectivity index (χ2n) is 7.20. The summed E-state index contributed by atoms with van der Waals surface area (Å²) in [7, 11) is -3.73. The molecule has 1 amide bonds. The van der Waals surface area contributed by atoms with E-state index in [0.717, 1.165) is 16.8 Å². The molecule has 29 heavy (non-hydrogen) atoms. The number of benzene rings is 3. The van der Waals surface area contributed by atoms with E-state index in [4.69, 9.17) is 0 Å². The number of carbonyl (C=O) groups excluding carboxylic acids is 1. The molecule has 0 atom stereocenters. The van der Waals surface area contributed by atoms with Crippen LogP contribution in [0, 0.1) is 6.92 Å². The van der Waals surface area contributed by atoms with Crippen LogP contribution in [0.3, 0.4) is 0 Å². The molecule has 3 aromatic carbocycles. The Morgan fingerprint density at radius 2 is 1.59 bits per heavy atom. The SMILES string of the molecule is Cc1ccc(S(=O)(=O)Nc2cccc(C(=O)Nc3ccccc3C(C)C)c2)cc1. The Bertz CT molecular complexity index is 1120. The summed E-state index contributed by atoms with van der Waals surface area (Å²) in [5.74, 6) is -0.0337. The standard InChI is InChI=1S/C23H24N2O3S/c1-16(2)21-9-4-5-10-22(21)24-23(26)18-7-6-8-19(15-18)25-29(27,28)20-13-11-17(3)12-14-20/h4-16,25H,1-3H3,(H,24,26). The van der Waals surface area contributed by atoms with Crippen molar-refractivity contribution in [1.29, 1.82) is 0 Å². The molecule has 0 heterocycles. The fourth-order valence-electron chi connectivity index (χ4n) is 2.96. The van der Waals surface area contributed by atoms with Gasteiger partial charge in [0.15, 0.2) is 0 Å². The van der Waals surface area contributed by atoms with E-state index in [0.29, 0.717) is 11.3 Å². The summed E-state index contributed by atoms with van der Waals surface area (Å²) >= 11 is 0. The number of aryl methyl sites for hydroxylation is 1. The summed E-state index contributed by atoms with van der Waals surface area (Å²) in [6, 6.07) is 20.7. The molecule has 0 aliphatic carbocycles. The Kier molecular flexibility index (Phi) is 6.03. The van der Waals surface area contributed by atoms with Crippen LogP contribution in [0.15, 0.2) is 77.7 Å². The molecule has 0 aliphatic heterocycles. The van der Waals surface area contributed by atoms with Gasteiger partial charge in [0.2, 0.25) is 0 Å². The van der Waals surface area contributed by atoms with E-state index in [1.807, 2.05) is 31.2 Å². The Morgan fingerprint density at radius 1 is 0.897 bits per heavy atom. The van der Waals surface area contributed by atoms with E-state index in [1.165, 1.54) is 6.07 Å². The maximum absolute atomic E-state index is 12.7. The van der Waals surface area contributed by atoms with Gasteiger partial charge in [-0.2, -0.15) is 0 Å². The fraction of sp³-hybridized carbons (Fsp3) is 0.174. The van der Waals surface area contributed by atoms with Crippen LogP contribution in [-0.4, -0.2) is 14.3 Å². The summed E-state index contributed by atoms with van der Waals surface area (Å²) in [5, 5.41) is 2.92. The first kappa shape index (κ1) is 20.6. The van der Waals surface area contributed by atoms with Crippen molar-refractivity contribution >= 4 is 27.3 Å². The summed E-state index contributed by atoms with van der Waals surface area (Å²) < 4.78 is 27.7. The van der Waals surface area contributed by atoms with Crippen molar-refractivity contribution in [3.63, 3.8) is 0 Å². The van der Waals surface area contributed by atoms with Gasteiger partial charge in [-0.05, 0) is 54.8 Å². The third kappa shape index (κ3) is 5.03. The van der Waals surface area contributed by atoms with Gasteiger partial charge in [0.25, 0.3) is 15.9 Å². The number of carbonyl (C=O) groups is 1. The zero-order chi connectivity index (χ0) is 21.0. The average molecular weight is 409 g/mol. The predicted octanol–water partition coefficient (Wildman–Crippen LogP) is 5.17. The zero-order valence-electron chi connectivity index (χ0n) is 16.6. The van der Waals surface area contributed by atoms with Crippen molar-refractivity contribution in [2.45, 2.75) is 31.6 Å². The molecule has 0 unspecified atom stereocenters. The normalized spacial score (nSPS) is 11.3. The van der Waals surface area contributed by atoms with Gasteiger partial charge in [0.1, 0.15) is 0 Å². The number of amides is 1. The van der Waals surface area contributed by atoms with Crippen LogP contribution in [0.2, 0.25) is 0 Å². The monoisotopic (exact) mass is 408 g/mol. The van der Waals surface area contributed by atoms with Gasteiger partial charge in [-0.15, -0.1) is 0 Å². The van der Waals surface area contributed by atoms with Gasteiger partial charge in [-0.25, -0.2) is 8.42 Å². The number of hydrogen-bond donors (Lipinski definition) is 2. The van der Waals surface area contributed by atoms with E-state index in [1.54, 1.807) is 42.5 Å². The van der Waals surface area contributed by atoms with E-state index in [9.17, 15) is 13.2 Å². The third-order valence-corrected chi connectivity index (χ3v) is 5.94. The first-order valence-corrected chi connectivity index (χ1v) is 10.8. The number of hydrogen-bond acceptors (Lipinski definition) is 3. The highest BCUT2D eigenvalue weighted by Crippen LogP contribution is 2.25. The molecule has 0 bridgehead atoms.